The summed E-state index contributed by atoms with van der Waals surface area (Å²) in [5.41, 5.74) is 2.16. The lowest BCUT2D eigenvalue weighted by molar-refractivity contribution is 0.281. The Morgan fingerprint density at radius 2 is 1.96 bits per heavy atom. The van der Waals surface area contributed by atoms with Crippen LogP contribution < -0.4 is 4.31 Å². The van der Waals surface area contributed by atoms with E-state index in [0.29, 0.717) is 18.0 Å². The fourth-order valence-corrected chi connectivity index (χ4v) is 5.05. The van der Waals surface area contributed by atoms with Crippen LogP contribution >= 0.6 is 0 Å². The van der Waals surface area contributed by atoms with Crippen LogP contribution in [0.15, 0.2) is 33.7 Å². The Labute approximate surface area is 136 Å². The van der Waals surface area contributed by atoms with Gasteiger partial charge in [-0.1, -0.05) is 23.4 Å². The summed E-state index contributed by atoms with van der Waals surface area (Å²) < 4.78 is 32.8. The van der Waals surface area contributed by atoms with Crippen LogP contribution in [0.1, 0.15) is 29.5 Å². The summed E-state index contributed by atoms with van der Waals surface area (Å²) in [6.45, 7) is 3.72. The van der Waals surface area contributed by atoms with E-state index in [-0.39, 0.29) is 10.9 Å². The Morgan fingerprint density at radius 3 is 2.57 bits per heavy atom. The molecule has 23 heavy (non-hydrogen) atoms. The van der Waals surface area contributed by atoms with Gasteiger partial charge in [0.15, 0.2) is 10.7 Å². The van der Waals surface area contributed by atoms with Crippen LogP contribution in [0.25, 0.3) is 0 Å². The number of hydrogen-bond acceptors (Lipinski definition) is 5. The third-order valence-corrected chi connectivity index (χ3v) is 6.37. The van der Waals surface area contributed by atoms with Crippen LogP contribution in [-0.2, 0) is 10.0 Å². The molecule has 1 aliphatic rings. The first-order chi connectivity index (χ1) is 10.8. The summed E-state index contributed by atoms with van der Waals surface area (Å²) in [5.74, 6) is 0.328. The fourth-order valence-electron chi connectivity index (χ4n) is 3.25. The quantitative estimate of drug-likeness (QED) is 0.862. The summed E-state index contributed by atoms with van der Waals surface area (Å²) in [4.78, 5) is 2.30. The lowest BCUT2D eigenvalue weighted by Crippen LogP contribution is -2.39. The molecular weight excluding hydrogens is 314 g/mol. The first-order valence-electron chi connectivity index (χ1n) is 7.55. The lowest BCUT2D eigenvalue weighted by Gasteiger charge is -2.37. The number of nitrogens with zero attached hydrogens (tertiary/aromatic N) is 3. The summed E-state index contributed by atoms with van der Waals surface area (Å²) in [7, 11) is 0.344. The number of aromatic nitrogens is 1. The molecule has 0 spiro atoms. The first-order valence-corrected chi connectivity index (χ1v) is 8.99. The second-order valence-electron chi connectivity index (χ2n) is 6.06. The molecular formula is C16H21N3O3S. The molecule has 0 bridgehead atoms. The Hall–Kier alpha value is -1.86. The zero-order valence-corrected chi connectivity index (χ0v) is 14.6. The molecule has 0 amide bonds. The van der Waals surface area contributed by atoms with Crippen molar-refractivity contribution in [2.45, 2.75) is 31.2 Å². The van der Waals surface area contributed by atoms with Crippen LogP contribution in [0, 0.1) is 13.8 Å². The van der Waals surface area contributed by atoms with Gasteiger partial charge < -0.3 is 9.42 Å². The largest absolute Gasteiger partial charge is 0.360 e. The molecule has 1 aromatic carbocycles. The van der Waals surface area contributed by atoms with E-state index in [9.17, 15) is 8.42 Å². The third kappa shape index (κ3) is 2.53. The molecule has 2 aromatic rings. The van der Waals surface area contributed by atoms with Crippen LogP contribution in [0.4, 0.5) is 5.69 Å². The van der Waals surface area contributed by atoms with E-state index < -0.39 is 10.0 Å². The van der Waals surface area contributed by atoms with Crippen molar-refractivity contribution in [2.75, 3.05) is 24.9 Å². The maximum atomic E-state index is 13.1. The molecule has 0 saturated heterocycles. The molecule has 0 N–H and O–H groups in total. The van der Waals surface area contributed by atoms with Crippen molar-refractivity contribution < 1.29 is 12.9 Å². The van der Waals surface area contributed by atoms with E-state index in [1.54, 1.807) is 13.8 Å². The fraction of sp³-hybridized carbons (Fsp3) is 0.438. The van der Waals surface area contributed by atoms with Crippen LogP contribution in [0.2, 0.25) is 0 Å². The van der Waals surface area contributed by atoms with Gasteiger partial charge in [0.25, 0.3) is 10.0 Å². The highest BCUT2D eigenvalue weighted by Gasteiger charge is 2.36. The number of rotatable bonds is 3. The highest BCUT2D eigenvalue weighted by atomic mass is 32.2. The number of aryl methyl sites for hydroxylation is 2. The molecule has 1 aliphatic heterocycles. The van der Waals surface area contributed by atoms with E-state index in [4.69, 9.17) is 4.52 Å². The monoisotopic (exact) mass is 335 g/mol. The topological polar surface area (TPSA) is 66.7 Å². The molecule has 7 heteroatoms. The average Bonchev–Trinajstić information content (AvgIpc) is 2.85. The zero-order chi connectivity index (χ0) is 16.8. The molecule has 0 radical (unpaired) electrons. The van der Waals surface area contributed by atoms with Gasteiger partial charge in [0.1, 0.15) is 5.69 Å². The van der Waals surface area contributed by atoms with Crippen molar-refractivity contribution in [1.82, 2.24) is 10.1 Å². The van der Waals surface area contributed by atoms with Gasteiger partial charge in [0, 0.05) is 12.6 Å². The number of para-hydroxylation sites is 1. The Balaban J connectivity index is 2.13. The Bertz CT molecular complexity index is 807. The van der Waals surface area contributed by atoms with Gasteiger partial charge in [0.05, 0.1) is 5.69 Å². The molecule has 1 atom stereocenters. The smallest absolute Gasteiger partial charge is 0.269 e. The number of anilines is 1. The minimum atomic E-state index is -3.68. The van der Waals surface area contributed by atoms with E-state index in [1.807, 2.05) is 38.4 Å². The summed E-state index contributed by atoms with van der Waals surface area (Å²) in [6, 6.07) is 7.88. The van der Waals surface area contributed by atoms with Gasteiger partial charge in [-0.3, -0.25) is 4.31 Å². The summed E-state index contributed by atoms with van der Waals surface area (Å²) >= 11 is 0. The Morgan fingerprint density at radius 1 is 1.26 bits per heavy atom. The third-order valence-electron chi connectivity index (χ3n) is 4.31. The predicted octanol–water partition coefficient (Wildman–Crippen LogP) is 2.49. The minimum Gasteiger partial charge on any atom is -0.360 e. The standard InChI is InChI=1S/C16H21N3O3S/c1-11-16(12(2)22-17-11)23(20,21)19-10-9-14(18(3)4)13-7-5-6-8-15(13)19/h5-8,14H,9-10H2,1-4H3. The van der Waals surface area contributed by atoms with Crippen molar-refractivity contribution in [3.05, 3.63) is 41.3 Å². The molecule has 1 aromatic heterocycles. The van der Waals surface area contributed by atoms with Gasteiger partial charge in [-0.05, 0) is 46.0 Å². The van der Waals surface area contributed by atoms with Crippen molar-refractivity contribution >= 4 is 15.7 Å². The number of sulfonamides is 1. The second kappa shape index (κ2) is 5.65. The second-order valence-corrected chi connectivity index (χ2v) is 7.86. The van der Waals surface area contributed by atoms with Crippen molar-refractivity contribution in [3.63, 3.8) is 0 Å². The highest BCUT2D eigenvalue weighted by molar-refractivity contribution is 7.93. The molecule has 0 saturated carbocycles. The van der Waals surface area contributed by atoms with Crippen molar-refractivity contribution in [3.8, 4) is 0 Å². The number of benzene rings is 1. The molecule has 6 nitrogen and oxygen atoms in total. The first kappa shape index (κ1) is 16.0. The van der Waals surface area contributed by atoms with Gasteiger partial charge in [0.2, 0.25) is 0 Å². The molecule has 3 rings (SSSR count). The zero-order valence-electron chi connectivity index (χ0n) is 13.8. The maximum Gasteiger partial charge on any atom is 0.269 e. The van der Waals surface area contributed by atoms with Gasteiger partial charge >= 0.3 is 0 Å². The van der Waals surface area contributed by atoms with E-state index >= 15 is 0 Å². The van der Waals surface area contributed by atoms with E-state index in [2.05, 4.69) is 10.1 Å². The lowest BCUT2D eigenvalue weighted by atomic mass is 9.97. The molecule has 1 unspecified atom stereocenters. The van der Waals surface area contributed by atoms with Gasteiger partial charge in [-0.25, -0.2) is 8.42 Å². The summed E-state index contributed by atoms with van der Waals surface area (Å²) in [5, 5.41) is 3.79. The number of fused-ring (bicyclic) bond motifs is 1. The van der Waals surface area contributed by atoms with E-state index in [1.165, 1.54) is 4.31 Å². The predicted molar refractivity (Wildman–Crippen MR) is 88.0 cm³/mol. The Kier molecular flexibility index (Phi) is 3.93. The SMILES string of the molecule is Cc1noc(C)c1S(=O)(=O)N1CCC(N(C)C)c2ccccc21. The molecule has 0 fully saturated rings. The number of hydrogen-bond donors (Lipinski definition) is 0. The van der Waals surface area contributed by atoms with Crippen LogP contribution in [0.5, 0.6) is 0 Å². The van der Waals surface area contributed by atoms with Crippen molar-refractivity contribution in [1.29, 1.82) is 0 Å². The van der Waals surface area contributed by atoms with Crippen LogP contribution in [0.3, 0.4) is 0 Å². The van der Waals surface area contributed by atoms with Crippen molar-refractivity contribution in [2.24, 2.45) is 0 Å². The molecule has 124 valence electrons. The van der Waals surface area contributed by atoms with Crippen LogP contribution in [-0.4, -0.2) is 39.1 Å². The van der Waals surface area contributed by atoms with Gasteiger partial charge in [-0.15, -0.1) is 0 Å². The molecule has 2 heterocycles. The average molecular weight is 335 g/mol. The summed E-state index contributed by atoms with van der Waals surface area (Å²) in [6.07, 6.45) is 0.743. The van der Waals surface area contributed by atoms with E-state index in [0.717, 1.165) is 17.7 Å². The highest BCUT2D eigenvalue weighted by Crippen LogP contribution is 2.39. The maximum absolute atomic E-state index is 13.1. The minimum absolute atomic E-state index is 0.176. The normalized spacial score (nSPS) is 18.3. The van der Waals surface area contributed by atoms with Gasteiger partial charge in [-0.2, -0.15) is 0 Å². The molecule has 0 aliphatic carbocycles.